The van der Waals surface area contributed by atoms with Crippen LogP contribution >= 0.6 is 22.9 Å². The third-order valence-electron chi connectivity index (χ3n) is 3.99. The van der Waals surface area contributed by atoms with E-state index in [1.165, 1.54) is 0 Å². The molecule has 1 heterocycles. The van der Waals surface area contributed by atoms with Crippen molar-refractivity contribution in [3.8, 4) is 0 Å². The van der Waals surface area contributed by atoms with Gasteiger partial charge in [0.25, 0.3) is 0 Å². The van der Waals surface area contributed by atoms with Crippen molar-refractivity contribution in [1.82, 2.24) is 0 Å². The van der Waals surface area contributed by atoms with E-state index < -0.39 is 0 Å². The van der Waals surface area contributed by atoms with Gasteiger partial charge in [-0.15, -0.1) is 11.3 Å². The molecule has 2 unspecified atom stereocenters. The van der Waals surface area contributed by atoms with Crippen molar-refractivity contribution in [2.24, 2.45) is 5.92 Å². The average molecular weight is 356 g/mol. The highest BCUT2D eigenvalue weighted by Crippen LogP contribution is 2.32. The number of carbonyl (C=O) groups excluding carboxylic acids is 1. The fourth-order valence-corrected chi connectivity index (χ4v) is 3.66. The predicted octanol–water partition coefficient (Wildman–Crippen LogP) is 6.07. The topological polar surface area (TPSA) is 29.1 Å². The Bertz CT molecular complexity index is 784. The first-order valence-electron chi connectivity index (χ1n) is 7.80. The molecule has 0 aliphatic rings. The lowest BCUT2D eigenvalue weighted by Gasteiger charge is -2.24. The molecule has 2 atom stereocenters. The van der Waals surface area contributed by atoms with Gasteiger partial charge in [-0.1, -0.05) is 54.9 Å². The van der Waals surface area contributed by atoms with Gasteiger partial charge in [0.15, 0.2) is 5.78 Å². The van der Waals surface area contributed by atoms with Gasteiger partial charge >= 0.3 is 0 Å². The van der Waals surface area contributed by atoms with Crippen molar-refractivity contribution in [3.05, 3.63) is 87.6 Å². The Morgan fingerprint density at radius 2 is 1.71 bits per heavy atom. The second-order valence-corrected chi connectivity index (χ2v) is 7.08. The Labute approximate surface area is 151 Å². The summed E-state index contributed by atoms with van der Waals surface area (Å²) in [6.07, 6.45) is 0. The molecular formula is C20H18ClNOS. The monoisotopic (exact) mass is 355 g/mol. The number of ketones is 1. The van der Waals surface area contributed by atoms with Crippen LogP contribution < -0.4 is 5.32 Å². The summed E-state index contributed by atoms with van der Waals surface area (Å²) in [6.45, 7) is 1.97. The van der Waals surface area contributed by atoms with Crippen LogP contribution in [0.3, 0.4) is 0 Å². The van der Waals surface area contributed by atoms with Crippen LogP contribution in [0.2, 0.25) is 5.02 Å². The molecule has 4 heteroatoms. The van der Waals surface area contributed by atoms with Gasteiger partial charge in [-0.2, -0.15) is 0 Å². The van der Waals surface area contributed by atoms with Gasteiger partial charge in [-0.25, -0.2) is 0 Å². The Morgan fingerprint density at radius 3 is 2.33 bits per heavy atom. The summed E-state index contributed by atoms with van der Waals surface area (Å²) in [5, 5.41) is 6.22. The average Bonchev–Trinajstić information content (AvgIpc) is 3.15. The molecule has 24 heavy (non-hydrogen) atoms. The molecule has 0 aliphatic heterocycles. The first kappa shape index (κ1) is 16.7. The molecule has 3 aromatic rings. The molecule has 3 rings (SSSR count). The van der Waals surface area contributed by atoms with Crippen LogP contribution in [0, 0.1) is 5.92 Å². The fraction of sp³-hybridized carbons (Fsp3) is 0.150. The van der Waals surface area contributed by atoms with E-state index in [0.717, 1.165) is 16.1 Å². The summed E-state index contributed by atoms with van der Waals surface area (Å²) < 4.78 is 0. The minimum Gasteiger partial charge on any atom is -0.377 e. The summed E-state index contributed by atoms with van der Waals surface area (Å²) in [5.41, 5.74) is 1.69. The maximum Gasteiger partial charge on any atom is 0.168 e. The molecule has 0 spiro atoms. The molecule has 122 valence electrons. The van der Waals surface area contributed by atoms with Gasteiger partial charge in [0.1, 0.15) is 0 Å². The van der Waals surface area contributed by atoms with Crippen LogP contribution in [-0.2, 0) is 0 Å². The van der Waals surface area contributed by atoms with Gasteiger partial charge in [0.2, 0.25) is 0 Å². The quantitative estimate of drug-likeness (QED) is 0.543. The Kier molecular flexibility index (Phi) is 5.34. The maximum absolute atomic E-state index is 12.9. The van der Waals surface area contributed by atoms with E-state index in [1.54, 1.807) is 11.3 Å². The second kappa shape index (κ2) is 7.65. The minimum absolute atomic E-state index is 0.0844. The lowest BCUT2D eigenvalue weighted by molar-refractivity contribution is 0.0918. The van der Waals surface area contributed by atoms with Crippen molar-refractivity contribution in [1.29, 1.82) is 0 Å². The zero-order chi connectivity index (χ0) is 16.9. The van der Waals surface area contributed by atoms with E-state index in [2.05, 4.69) is 11.4 Å². The molecule has 0 saturated heterocycles. The minimum atomic E-state index is -0.193. The third-order valence-corrected chi connectivity index (χ3v) is 5.20. The van der Waals surface area contributed by atoms with Gasteiger partial charge in [0.05, 0.1) is 6.04 Å². The van der Waals surface area contributed by atoms with Crippen LogP contribution in [0.5, 0.6) is 0 Å². The van der Waals surface area contributed by atoms with E-state index in [0.29, 0.717) is 5.02 Å². The third kappa shape index (κ3) is 3.86. The standard InChI is InChI=1S/C20H18ClNOS/c1-14(20(23)15-6-3-2-4-7-15)19(18-8-5-13-24-18)22-17-11-9-16(21)10-12-17/h2-14,19,22H,1H3. The predicted molar refractivity (Wildman–Crippen MR) is 102 cm³/mol. The summed E-state index contributed by atoms with van der Waals surface area (Å²) in [4.78, 5) is 14.0. The molecule has 0 radical (unpaired) electrons. The van der Waals surface area contributed by atoms with Gasteiger partial charge < -0.3 is 5.32 Å². The number of Topliss-reactive ketones (excluding diaryl/α,β-unsaturated/α-hetero) is 1. The van der Waals surface area contributed by atoms with Crippen LogP contribution in [0.25, 0.3) is 0 Å². The van der Waals surface area contributed by atoms with Gasteiger partial charge in [-0.05, 0) is 35.7 Å². The number of hydrogen-bond acceptors (Lipinski definition) is 3. The lowest BCUT2D eigenvalue weighted by atomic mass is 9.91. The van der Waals surface area contributed by atoms with Crippen molar-refractivity contribution in [2.75, 3.05) is 5.32 Å². The smallest absolute Gasteiger partial charge is 0.168 e. The van der Waals surface area contributed by atoms with Crippen molar-refractivity contribution in [3.63, 3.8) is 0 Å². The number of benzene rings is 2. The van der Waals surface area contributed by atoms with Gasteiger partial charge in [0, 0.05) is 27.1 Å². The Balaban J connectivity index is 1.87. The van der Waals surface area contributed by atoms with Crippen molar-refractivity contribution < 1.29 is 4.79 Å². The SMILES string of the molecule is CC(C(=O)c1ccccc1)C(Nc1ccc(Cl)cc1)c1cccs1. The molecule has 0 saturated carbocycles. The maximum atomic E-state index is 12.9. The first-order valence-corrected chi connectivity index (χ1v) is 9.05. The molecule has 1 aromatic heterocycles. The van der Waals surface area contributed by atoms with E-state index >= 15 is 0 Å². The number of rotatable bonds is 6. The molecule has 0 amide bonds. The highest BCUT2D eigenvalue weighted by atomic mass is 35.5. The highest BCUT2D eigenvalue weighted by molar-refractivity contribution is 7.10. The van der Waals surface area contributed by atoms with E-state index in [9.17, 15) is 4.79 Å². The number of nitrogens with one attached hydrogen (secondary N) is 1. The van der Waals surface area contributed by atoms with Gasteiger partial charge in [-0.3, -0.25) is 4.79 Å². The summed E-state index contributed by atoms with van der Waals surface area (Å²) in [5.74, 6) is -0.0582. The molecule has 2 nitrogen and oxygen atoms in total. The zero-order valence-electron chi connectivity index (χ0n) is 13.3. The molecular weight excluding hydrogens is 338 g/mol. The number of carbonyl (C=O) groups is 1. The first-order chi connectivity index (χ1) is 11.6. The molecule has 2 aromatic carbocycles. The largest absolute Gasteiger partial charge is 0.377 e. The van der Waals surface area contributed by atoms with Crippen LogP contribution in [0.15, 0.2) is 72.1 Å². The molecule has 0 aliphatic carbocycles. The summed E-state index contributed by atoms with van der Waals surface area (Å²) in [7, 11) is 0. The van der Waals surface area contributed by atoms with Crippen molar-refractivity contribution in [2.45, 2.75) is 13.0 Å². The number of anilines is 1. The van der Waals surface area contributed by atoms with Crippen LogP contribution in [-0.4, -0.2) is 5.78 Å². The van der Waals surface area contributed by atoms with E-state index in [1.807, 2.05) is 73.0 Å². The van der Waals surface area contributed by atoms with Crippen LogP contribution in [0.1, 0.15) is 28.2 Å². The lowest BCUT2D eigenvalue weighted by Crippen LogP contribution is -2.25. The molecule has 0 fully saturated rings. The Morgan fingerprint density at radius 1 is 1.00 bits per heavy atom. The highest BCUT2D eigenvalue weighted by Gasteiger charge is 2.27. The number of halogens is 1. The zero-order valence-corrected chi connectivity index (χ0v) is 14.8. The number of hydrogen-bond donors (Lipinski definition) is 1. The number of thiophene rings is 1. The summed E-state index contributed by atoms with van der Waals surface area (Å²) >= 11 is 7.61. The Hall–Kier alpha value is -2.10. The molecule has 0 bridgehead atoms. The van der Waals surface area contributed by atoms with E-state index in [-0.39, 0.29) is 17.7 Å². The van der Waals surface area contributed by atoms with Crippen LogP contribution in [0.4, 0.5) is 5.69 Å². The second-order valence-electron chi connectivity index (χ2n) is 5.66. The molecule has 1 N–H and O–H groups in total. The van der Waals surface area contributed by atoms with E-state index in [4.69, 9.17) is 11.6 Å². The normalized spacial score (nSPS) is 13.2. The van der Waals surface area contributed by atoms with Crippen molar-refractivity contribution >= 4 is 34.4 Å². The summed E-state index contributed by atoms with van der Waals surface area (Å²) in [6, 6.07) is 21.0. The fourth-order valence-electron chi connectivity index (χ4n) is 2.65.